The molecule has 0 bridgehead atoms. The van der Waals surface area contributed by atoms with Gasteiger partial charge < -0.3 is 0 Å². The van der Waals surface area contributed by atoms with Crippen molar-refractivity contribution in [3.8, 4) is 0 Å². The number of rotatable bonds is 5. The van der Waals surface area contributed by atoms with Crippen LogP contribution in [0.1, 0.15) is 0 Å². The van der Waals surface area contributed by atoms with Gasteiger partial charge in [-0.3, -0.25) is 0 Å². The second kappa shape index (κ2) is 4.66. The summed E-state index contributed by atoms with van der Waals surface area (Å²) in [5.74, 6) is -12.5. The molecule has 0 saturated heterocycles. The van der Waals surface area contributed by atoms with Gasteiger partial charge in [0, 0.05) is 0 Å². The molecule has 0 fully saturated rings. The summed E-state index contributed by atoms with van der Waals surface area (Å²) in [5.41, 5.74) is 0. The molecule has 0 aromatic rings. The molecule has 0 heterocycles. The monoisotopic (exact) mass is 266 g/mol. The maximum atomic E-state index is 12.3. The summed E-state index contributed by atoms with van der Waals surface area (Å²) in [6, 6.07) is 0. The quantitative estimate of drug-likeness (QED) is 0.668. The fourth-order valence-electron chi connectivity index (χ4n) is 0.684. The Labute approximate surface area is 82.2 Å². The van der Waals surface area contributed by atoms with E-state index in [9.17, 15) is 43.9 Å². The number of halogens is 10. The van der Waals surface area contributed by atoms with E-state index in [1.807, 2.05) is 0 Å². The highest BCUT2D eigenvalue weighted by molar-refractivity contribution is 4.97. The van der Waals surface area contributed by atoms with E-state index in [2.05, 4.69) is 0 Å². The first-order valence-electron chi connectivity index (χ1n) is 3.56. The normalized spacial score (nSPS) is 18.0. The van der Waals surface area contributed by atoms with E-state index >= 15 is 0 Å². The van der Waals surface area contributed by atoms with Crippen LogP contribution in [0.25, 0.3) is 0 Å². The van der Waals surface area contributed by atoms with Gasteiger partial charge in [0.05, 0.1) is 0 Å². The Balaban J connectivity index is 5.12. The molecule has 0 spiro atoms. The molecule has 10 heteroatoms. The molecule has 0 radical (unpaired) electrons. The van der Waals surface area contributed by atoms with Crippen molar-refractivity contribution in [2.24, 2.45) is 0 Å². The summed E-state index contributed by atoms with van der Waals surface area (Å²) in [7, 11) is 0. The van der Waals surface area contributed by atoms with Crippen LogP contribution in [0.2, 0.25) is 0 Å². The number of hydrogen-bond acceptors (Lipinski definition) is 0. The minimum absolute atomic E-state index is 4.55. The predicted molar refractivity (Wildman–Crippen MR) is 31.7 cm³/mol. The first-order chi connectivity index (χ1) is 6.96. The van der Waals surface area contributed by atoms with Crippen LogP contribution in [0.3, 0.4) is 0 Å². The standard InChI is InChI=1S/C6H4F10/c7-1(3(9)10)5(13,14)6(15,16)2(8)4(11)12/h1-4H. The second-order valence-electron chi connectivity index (χ2n) is 2.72. The molecule has 0 amide bonds. The number of alkyl halides is 10. The largest absolute Gasteiger partial charge is 0.349 e. The molecular formula is C6H4F10. The lowest BCUT2D eigenvalue weighted by molar-refractivity contribution is -0.291. The Bertz CT molecular complexity index is 199. The van der Waals surface area contributed by atoms with Gasteiger partial charge in [0.25, 0.3) is 12.9 Å². The molecule has 2 atom stereocenters. The Kier molecular flexibility index (Phi) is 4.46. The van der Waals surface area contributed by atoms with Gasteiger partial charge in [-0.15, -0.1) is 0 Å². The van der Waals surface area contributed by atoms with E-state index in [4.69, 9.17) is 0 Å². The Hall–Kier alpha value is -0.700. The van der Waals surface area contributed by atoms with Crippen LogP contribution in [0.15, 0.2) is 0 Å². The molecule has 0 aromatic carbocycles. The summed E-state index contributed by atoms with van der Waals surface area (Å²) >= 11 is 0. The highest BCUT2D eigenvalue weighted by atomic mass is 19.3. The summed E-state index contributed by atoms with van der Waals surface area (Å²) in [4.78, 5) is 0. The van der Waals surface area contributed by atoms with Gasteiger partial charge in [-0.2, -0.15) is 17.6 Å². The van der Waals surface area contributed by atoms with Crippen molar-refractivity contribution in [3.63, 3.8) is 0 Å². The fourth-order valence-corrected chi connectivity index (χ4v) is 0.684. The van der Waals surface area contributed by atoms with Crippen molar-refractivity contribution in [2.45, 2.75) is 37.0 Å². The van der Waals surface area contributed by atoms with E-state index in [-0.39, 0.29) is 0 Å². The van der Waals surface area contributed by atoms with Crippen molar-refractivity contribution in [2.75, 3.05) is 0 Å². The first-order valence-corrected chi connectivity index (χ1v) is 3.56. The molecule has 98 valence electrons. The van der Waals surface area contributed by atoms with Crippen LogP contribution in [0.5, 0.6) is 0 Å². The van der Waals surface area contributed by atoms with Crippen molar-refractivity contribution < 1.29 is 43.9 Å². The van der Waals surface area contributed by atoms with Gasteiger partial charge in [-0.25, -0.2) is 26.3 Å². The van der Waals surface area contributed by atoms with Crippen LogP contribution < -0.4 is 0 Å². The van der Waals surface area contributed by atoms with E-state index in [1.54, 1.807) is 0 Å². The molecule has 0 nitrogen and oxygen atoms in total. The molecule has 0 aromatic heterocycles. The van der Waals surface area contributed by atoms with Crippen molar-refractivity contribution in [1.82, 2.24) is 0 Å². The summed E-state index contributed by atoms with van der Waals surface area (Å²) < 4.78 is 119. The Morgan fingerprint density at radius 1 is 0.500 bits per heavy atom. The van der Waals surface area contributed by atoms with Crippen LogP contribution in [0.4, 0.5) is 43.9 Å². The molecule has 16 heavy (non-hydrogen) atoms. The van der Waals surface area contributed by atoms with E-state index in [0.29, 0.717) is 0 Å². The third-order valence-electron chi connectivity index (χ3n) is 1.58. The molecule has 0 aliphatic carbocycles. The topological polar surface area (TPSA) is 0 Å². The zero-order valence-electron chi connectivity index (χ0n) is 7.09. The van der Waals surface area contributed by atoms with E-state index in [1.165, 1.54) is 0 Å². The van der Waals surface area contributed by atoms with Gasteiger partial charge in [0.2, 0.25) is 12.3 Å². The minimum Gasteiger partial charge on any atom is -0.234 e. The van der Waals surface area contributed by atoms with Gasteiger partial charge in [-0.1, -0.05) is 0 Å². The zero-order valence-corrected chi connectivity index (χ0v) is 7.09. The summed E-state index contributed by atoms with van der Waals surface area (Å²) in [6.45, 7) is 0. The Morgan fingerprint density at radius 2 is 0.688 bits per heavy atom. The lowest BCUT2D eigenvalue weighted by atomic mass is 10.0. The zero-order chi connectivity index (χ0) is 13.3. The highest BCUT2D eigenvalue weighted by Crippen LogP contribution is 2.45. The van der Waals surface area contributed by atoms with Crippen LogP contribution >= 0.6 is 0 Å². The summed E-state index contributed by atoms with van der Waals surface area (Å²) in [5, 5.41) is 0. The lowest BCUT2D eigenvalue weighted by Gasteiger charge is -2.30. The van der Waals surface area contributed by atoms with Gasteiger partial charge in [0.15, 0.2) is 0 Å². The molecule has 2 unspecified atom stereocenters. The summed E-state index contributed by atoms with van der Waals surface area (Å²) in [6.07, 6.45) is -18.6. The van der Waals surface area contributed by atoms with Gasteiger partial charge in [-0.05, 0) is 0 Å². The average Bonchev–Trinajstić information content (AvgIpc) is 2.14. The van der Waals surface area contributed by atoms with Gasteiger partial charge in [0.1, 0.15) is 0 Å². The predicted octanol–water partition coefficient (Wildman–Crippen LogP) is 3.46. The maximum Gasteiger partial charge on any atom is 0.349 e. The maximum absolute atomic E-state index is 12.3. The van der Waals surface area contributed by atoms with Crippen LogP contribution in [-0.2, 0) is 0 Å². The highest BCUT2D eigenvalue weighted by Gasteiger charge is 2.70. The Morgan fingerprint density at radius 3 is 0.812 bits per heavy atom. The minimum atomic E-state index is -6.23. The third kappa shape index (κ3) is 2.51. The molecule has 0 rings (SSSR count). The third-order valence-corrected chi connectivity index (χ3v) is 1.58. The molecule has 0 aliphatic rings. The van der Waals surface area contributed by atoms with Crippen molar-refractivity contribution >= 4 is 0 Å². The lowest BCUT2D eigenvalue weighted by Crippen LogP contribution is -2.57. The number of hydrogen-bond donors (Lipinski definition) is 0. The SMILES string of the molecule is FC(F)C(F)C(F)(F)C(F)(F)C(F)C(F)F. The van der Waals surface area contributed by atoms with Gasteiger partial charge >= 0.3 is 11.8 Å². The molecule has 0 saturated carbocycles. The second-order valence-corrected chi connectivity index (χ2v) is 2.72. The fraction of sp³-hybridized carbons (Fsp3) is 1.00. The first kappa shape index (κ1) is 15.3. The molecule has 0 N–H and O–H groups in total. The van der Waals surface area contributed by atoms with E-state index in [0.717, 1.165) is 0 Å². The molecule has 0 aliphatic heterocycles. The van der Waals surface area contributed by atoms with Crippen LogP contribution in [0, 0.1) is 0 Å². The van der Waals surface area contributed by atoms with Crippen molar-refractivity contribution in [3.05, 3.63) is 0 Å². The van der Waals surface area contributed by atoms with E-state index < -0.39 is 37.0 Å². The van der Waals surface area contributed by atoms with Crippen LogP contribution in [-0.4, -0.2) is 37.0 Å². The molecular weight excluding hydrogens is 262 g/mol. The average molecular weight is 266 g/mol. The smallest absolute Gasteiger partial charge is 0.234 e. The van der Waals surface area contributed by atoms with Crippen molar-refractivity contribution in [1.29, 1.82) is 0 Å².